The summed E-state index contributed by atoms with van der Waals surface area (Å²) in [5, 5.41) is 3.80. The summed E-state index contributed by atoms with van der Waals surface area (Å²) in [5.41, 5.74) is 6.98. The number of rotatable bonds is 6. The van der Waals surface area contributed by atoms with E-state index in [1.54, 1.807) is 19.2 Å². The van der Waals surface area contributed by atoms with Crippen LogP contribution in [0, 0.1) is 5.82 Å². The zero-order valence-corrected chi connectivity index (χ0v) is 20.6. The lowest BCUT2D eigenvalue weighted by atomic mass is 9.90. The minimum absolute atomic E-state index is 0.0436. The van der Waals surface area contributed by atoms with Crippen molar-refractivity contribution in [1.82, 2.24) is 14.9 Å². The van der Waals surface area contributed by atoms with Gasteiger partial charge in [-0.3, -0.25) is 0 Å². The van der Waals surface area contributed by atoms with Crippen LogP contribution in [0.3, 0.4) is 0 Å². The molecule has 2 fully saturated rings. The molecule has 35 heavy (non-hydrogen) atoms. The maximum Gasteiger partial charge on any atom is 0.165 e. The van der Waals surface area contributed by atoms with Gasteiger partial charge >= 0.3 is 0 Å². The molecule has 0 amide bonds. The van der Waals surface area contributed by atoms with E-state index in [9.17, 15) is 4.39 Å². The molecule has 2 heterocycles. The lowest BCUT2D eigenvalue weighted by Gasteiger charge is -2.40. The summed E-state index contributed by atoms with van der Waals surface area (Å²) in [5.74, 6) is 1.19. The molecule has 0 spiro atoms. The van der Waals surface area contributed by atoms with E-state index in [4.69, 9.17) is 26.8 Å². The molecular weight excluding hydrogens is 469 g/mol. The van der Waals surface area contributed by atoms with Gasteiger partial charge < -0.3 is 25.4 Å². The van der Waals surface area contributed by atoms with Gasteiger partial charge in [0.15, 0.2) is 17.3 Å². The molecule has 9 heteroatoms. The molecule has 2 aliphatic rings. The first-order valence-corrected chi connectivity index (χ1v) is 12.6. The molecule has 7 nitrogen and oxygen atoms in total. The van der Waals surface area contributed by atoms with Crippen LogP contribution >= 0.6 is 11.6 Å². The van der Waals surface area contributed by atoms with Crippen LogP contribution in [0.5, 0.6) is 11.5 Å². The maximum absolute atomic E-state index is 14.5. The number of nitrogens with one attached hydrogen (secondary N) is 1. The normalized spacial score (nSPS) is 21.7. The molecule has 1 saturated heterocycles. The van der Waals surface area contributed by atoms with Crippen molar-refractivity contribution in [2.75, 3.05) is 25.5 Å². The highest BCUT2D eigenvalue weighted by Crippen LogP contribution is 2.38. The maximum atomic E-state index is 14.5. The smallest absolute Gasteiger partial charge is 0.165 e. The van der Waals surface area contributed by atoms with E-state index in [-0.39, 0.29) is 16.8 Å². The molecule has 1 aromatic heterocycles. The van der Waals surface area contributed by atoms with E-state index in [0.717, 1.165) is 51.6 Å². The van der Waals surface area contributed by atoms with Crippen LogP contribution in [-0.2, 0) is 0 Å². The Morgan fingerprint density at radius 3 is 2.57 bits per heavy atom. The molecule has 2 aromatic carbocycles. The van der Waals surface area contributed by atoms with Crippen molar-refractivity contribution < 1.29 is 13.9 Å². The van der Waals surface area contributed by atoms with E-state index in [1.807, 2.05) is 12.1 Å². The van der Waals surface area contributed by atoms with Gasteiger partial charge in [-0.2, -0.15) is 0 Å². The SMILES string of the molecule is COc1cc2ncnc(Nc3cccc(Cl)c3F)c2cc1O[C@H]1CC[C@H](N2CCC(N)CC2)CC1. The van der Waals surface area contributed by atoms with Crippen molar-refractivity contribution in [3.05, 3.63) is 47.5 Å². The Balaban J connectivity index is 1.33. The molecule has 3 aromatic rings. The van der Waals surface area contributed by atoms with Crippen LogP contribution in [0.2, 0.25) is 5.02 Å². The van der Waals surface area contributed by atoms with Crippen molar-refractivity contribution >= 4 is 34.0 Å². The van der Waals surface area contributed by atoms with Crippen molar-refractivity contribution in [2.45, 2.75) is 56.7 Å². The van der Waals surface area contributed by atoms with Crippen molar-refractivity contribution in [1.29, 1.82) is 0 Å². The first-order chi connectivity index (χ1) is 17.0. The average molecular weight is 500 g/mol. The molecule has 0 radical (unpaired) electrons. The van der Waals surface area contributed by atoms with Gasteiger partial charge in [0.05, 0.1) is 29.4 Å². The Hall–Kier alpha value is -2.68. The number of nitrogens with two attached hydrogens (primary N) is 1. The Bertz CT molecular complexity index is 1180. The Morgan fingerprint density at radius 1 is 1.06 bits per heavy atom. The Labute approximate surface area is 209 Å². The number of halogens is 2. The summed E-state index contributed by atoms with van der Waals surface area (Å²) < 4.78 is 26.5. The van der Waals surface area contributed by atoms with Crippen LogP contribution in [0.4, 0.5) is 15.9 Å². The lowest BCUT2D eigenvalue weighted by molar-refractivity contribution is 0.0725. The zero-order chi connectivity index (χ0) is 24.4. The predicted octanol–water partition coefficient (Wildman–Crippen LogP) is 5.29. The number of likely N-dealkylation sites (tertiary alicyclic amines) is 1. The molecule has 0 bridgehead atoms. The molecular formula is C26H31ClFN5O2. The lowest BCUT2D eigenvalue weighted by Crippen LogP contribution is -2.47. The number of aromatic nitrogens is 2. The average Bonchev–Trinajstić information content (AvgIpc) is 2.88. The Kier molecular flexibility index (Phi) is 7.22. The van der Waals surface area contributed by atoms with Gasteiger partial charge in [0, 0.05) is 23.5 Å². The summed E-state index contributed by atoms with van der Waals surface area (Å²) in [6.45, 7) is 2.19. The number of ether oxygens (including phenoxy) is 2. The van der Waals surface area contributed by atoms with Crippen molar-refractivity contribution in [2.24, 2.45) is 5.73 Å². The van der Waals surface area contributed by atoms with Crippen LogP contribution in [-0.4, -0.2) is 53.3 Å². The second-order valence-electron chi connectivity index (χ2n) is 9.39. The van der Waals surface area contributed by atoms with Crippen molar-refractivity contribution in [3.8, 4) is 11.5 Å². The summed E-state index contributed by atoms with van der Waals surface area (Å²) in [6.07, 6.45) is 7.90. The van der Waals surface area contributed by atoms with Gasteiger partial charge in [0.25, 0.3) is 0 Å². The number of nitrogens with zero attached hydrogens (tertiary/aromatic N) is 3. The third kappa shape index (κ3) is 5.29. The number of benzene rings is 2. The monoisotopic (exact) mass is 499 g/mol. The summed E-state index contributed by atoms with van der Waals surface area (Å²) >= 11 is 5.94. The van der Waals surface area contributed by atoms with E-state index >= 15 is 0 Å². The van der Waals surface area contributed by atoms with Gasteiger partial charge in [0.1, 0.15) is 12.1 Å². The fourth-order valence-electron chi connectivity index (χ4n) is 5.14. The third-order valence-corrected chi connectivity index (χ3v) is 7.45. The van der Waals surface area contributed by atoms with Crippen molar-refractivity contribution in [3.63, 3.8) is 0 Å². The van der Waals surface area contributed by atoms with Gasteiger partial charge in [-0.15, -0.1) is 0 Å². The fraction of sp³-hybridized carbons (Fsp3) is 0.462. The zero-order valence-electron chi connectivity index (χ0n) is 19.8. The summed E-state index contributed by atoms with van der Waals surface area (Å²) in [4.78, 5) is 11.3. The second-order valence-corrected chi connectivity index (χ2v) is 9.80. The number of hydrogen-bond donors (Lipinski definition) is 2. The second kappa shape index (κ2) is 10.5. The molecule has 0 unspecified atom stereocenters. The quantitative estimate of drug-likeness (QED) is 0.476. The van der Waals surface area contributed by atoms with Gasteiger partial charge in [-0.1, -0.05) is 17.7 Å². The molecule has 1 saturated carbocycles. The number of anilines is 2. The van der Waals surface area contributed by atoms with E-state index < -0.39 is 5.82 Å². The third-order valence-electron chi connectivity index (χ3n) is 7.15. The van der Waals surface area contributed by atoms with Gasteiger partial charge in [0.2, 0.25) is 0 Å². The highest BCUT2D eigenvalue weighted by atomic mass is 35.5. The fourth-order valence-corrected chi connectivity index (χ4v) is 5.31. The largest absolute Gasteiger partial charge is 0.493 e. The van der Waals surface area contributed by atoms with Crippen LogP contribution in [0.15, 0.2) is 36.7 Å². The topological polar surface area (TPSA) is 85.5 Å². The molecule has 3 N–H and O–H groups in total. The molecule has 1 aliphatic carbocycles. The summed E-state index contributed by atoms with van der Waals surface area (Å²) in [7, 11) is 1.62. The number of piperidine rings is 1. The highest BCUT2D eigenvalue weighted by molar-refractivity contribution is 6.31. The van der Waals surface area contributed by atoms with Gasteiger partial charge in [-0.25, -0.2) is 14.4 Å². The first kappa shape index (κ1) is 24.0. The Morgan fingerprint density at radius 2 is 1.83 bits per heavy atom. The number of methoxy groups -OCH3 is 1. The highest BCUT2D eigenvalue weighted by Gasteiger charge is 2.29. The molecule has 186 valence electrons. The minimum Gasteiger partial charge on any atom is -0.493 e. The van der Waals surface area contributed by atoms with Gasteiger partial charge in [-0.05, 0) is 69.8 Å². The molecule has 0 atom stereocenters. The number of fused-ring (bicyclic) bond motifs is 1. The van der Waals surface area contributed by atoms with E-state index in [2.05, 4.69) is 20.2 Å². The summed E-state index contributed by atoms with van der Waals surface area (Å²) in [6, 6.07) is 9.47. The molecule has 5 rings (SSSR count). The molecule has 1 aliphatic heterocycles. The first-order valence-electron chi connectivity index (χ1n) is 12.2. The number of hydrogen-bond acceptors (Lipinski definition) is 7. The van der Waals surface area contributed by atoms with E-state index in [1.165, 1.54) is 12.4 Å². The minimum atomic E-state index is -0.529. The van der Waals surface area contributed by atoms with Crippen LogP contribution < -0.4 is 20.5 Å². The van der Waals surface area contributed by atoms with Crippen LogP contribution in [0.1, 0.15) is 38.5 Å². The standard InChI is InChI=1S/C26H31ClFN5O2/c1-34-23-14-22-19(26(31-15-30-22)32-21-4-2-3-20(27)25(21)28)13-24(23)35-18-7-5-17(6-8-18)33-11-9-16(29)10-12-33/h2-4,13-18H,5-12,29H2,1H3,(H,30,31,32)/t17-,18-. The van der Waals surface area contributed by atoms with E-state index in [0.29, 0.717) is 40.3 Å². The van der Waals surface area contributed by atoms with Crippen LogP contribution in [0.25, 0.3) is 10.9 Å². The predicted molar refractivity (Wildman–Crippen MR) is 136 cm³/mol.